The predicted molar refractivity (Wildman–Crippen MR) is 73.7 cm³/mol. The summed E-state index contributed by atoms with van der Waals surface area (Å²) in [6, 6.07) is -0.755. The van der Waals surface area contributed by atoms with Crippen molar-refractivity contribution in [2.24, 2.45) is 0 Å². The summed E-state index contributed by atoms with van der Waals surface area (Å²) in [5, 5.41) is 11.6. The molecule has 1 rings (SSSR count). The van der Waals surface area contributed by atoms with Gasteiger partial charge in [0.15, 0.2) is 0 Å². The Labute approximate surface area is 112 Å². The average Bonchev–Trinajstić information content (AvgIpc) is 2.35. The molecule has 1 aliphatic rings. The Bertz CT molecular complexity index is 328. The van der Waals surface area contributed by atoms with Gasteiger partial charge in [0.05, 0.1) is 0 Å². The standard InChI is InChI=1S/C13H21NO3S/c1-18-8-7-11(13(16)17)14-12(15)9-10-5-3-2-4-6-10/h5,11H,2-4,6-9H2,1H3,(H,14,15)(H,16,17)/t11-/m1/s1. The van der Waals surface area contributed by atoms with Gasteiger partial charge in [-0.15, -0.1) is 0 Å². The molecule has 1 amide bonds. The quantitative estimate of drug-likeness (QED) is 0.697. The van der Waals surface area contributed by atoms with E-state index >= 15 is 0 Å². The number of amides is 1. The van der Waals surface area contributed by atoms with Crippen LogP contribution in [-0.4, -0.2) is 35.0 Å². The third kappa shape index (κ3) is 5.58. The number of carbonyl (C=O) groups is 2. The highest BCUT2D eigenvalue weighted by atomic mass is 32.2. The van der Waals surface area contributed by atoms with E-state index in [-0.39, 0.29) is 5.91 Å². The lowest BCUT2D eigenvalue weighted by Gasteiger charge is -2.16. The molecule has 0 fully saturated rings. The van der Waals surface area contributed by atoms with E-state index in [2.05, 4.69) is 11.4 Å². The third-order valence-electron chi connectivity index (χ3n) is 3.02. The molecule has 5 heteroatoms. The van der Waals surface area contributed by atoms with Crippen LogP contribution in [0.2, 0.25) is 0 Å². The lowest BCUT2D eigenvalue weighted by Crippen LogP contribution is -2.41. The van der Waals surface area contributed by atoms with Crippen molar-refractivity contribution in [1.29, 1.82) is 0 Å². The zero-order chi connectivity index (χ0) is 13.4. The summed E-state index contributed by atoms with van der Waals surface area (Å²) in [7, 11) is 0. The number of allylic oxidation sites excluding steroid dienone is 1. The summed E-state index contributed by atoms with van der Waals surface area (Å²) in [5.41, 5.74) is 1.15. The van der Waals surface area contributed by atoms with Crippen molar-refractivity contribution in [3.8, 4) is 0 Å². The maximum Gasteiger partial charge on any atom is 0.326 e. The molecule has 18 heavy (non-hydrogen) atoms. The Morgan fingerprint density at radius 3 is 2.83 bits per heavy atom. The molecule has 0 unspecified atom stereocenters. The van der Waals surface area contributed by atoms with Crippen molar-refractivity contribution < 1.29 is 14.7 Å². The van der Waals surface area contributed by atoms with Crippen molar-refractivity contribution in [2.45, 2.75) is 44.6 Å². The lowest BCUT2D eigenvalue weighted by atomic mass is 9.97. The summed E-state index contributed by atoms with van der Waals surface area (Å²) in [6.07, 6.45) is 9.19. The summed E-state index contributed by atoms with van der Waals surface area (Å²) < 4.78 is 0. The monoisotopic (exact) mass is 271 g/mol. The molecule has 0 bridgehead atoms. The minimum absolute atomic E-state index is 0.170. The van der Waals surface area contributed by atoms with Crippen LogP contribution in [0.15, 0.2) is 11.6 Å². The number of carboxylic acids is 1. The van der Waals surface area contributed by atoms with Crippen LogP contribution in [0.3, 0.4) is 0 Å². The number of carboxylic acid groups (broad SMARTS) is 1. The first-order valence-electron chi connectivity index (χ1n) is 6.32. The topological polar surface area (TPSA) is 66.4 Å². The van der Waals surface area contributed by atoms with Crippen LogP contribution in [0.4, 0.5) is 0 Å². The van der Waals surface area contributed by atoms with Crippen LogP contribution in [0.5, 0.6) is 0 Å². The van der Waals surface area contributed by atoms with Gasteiger partial charge in [0.25, 0.3) is 0 Å². The minimum Gasteiger partial charge on any atom is -0.480 e. The first-order valence-corrected chi connectivity index (χ1v) is 7.72. The first-order chi connectivity index (χ1) is 8.63. The predicted octanol–water partition coefficient (Wildman–Crippen LogP) is 2.20. The molecule has 0 heterocycles. The Hall–Kier alpha value is -0.970. The van der Waals surface area contributed by atoms with Crippen molar-refractivity contribution in [1.82, 2.24) is 5.32 Å². The zero-order valence-corrected chi connectivity index (χ0v) is 11.6. The molecule has 102 valence electrons. The summed E-state index contributed by atoms with van der Waals surface area (Å²) in [6.45, 7) is 0. The van der Waals surface area contributed by atoms with Gasteiger partial charge in [-0.05, 0) is 44.1 Å². The van der Waals surface area contributed by atoms with E-state index in [1.165, 1.54) is 6.42 Å². The third-order valence-corrected chi connectivity index (χ3v) is 3.66. The second-order valence-electron chi connectivity index (χ2n) is 4.52. The number of hydrogen-bond donors (Lipinski definition) is 2. The SMILES string of the molecule is CSCC[C@@H](NC(=O)CC1=CCCCC1)C(=O)O. The average molecular weight is 271 g/mol. The van der Waals surface area contributed by atoms with E-state index in [1.54, 1.807) is 11.8 Å². The van der Waals surface area contributed by atoms with Crippen LogP contribution >= 0.6 is 11.8 Å². The molecule has 4 nitrogen and oxygen atoms in total. The summed E-state index contributed by atoms with van der Waals surface area (Å²) >= 11 is 1.58. The van der Waals surface area contributed by atoms with Gasteiger partial charge in [0.1, 0.15) is 6.04 Å². The normalized spacial score (nSPS) is 16.8. The van der Waals surface area contributed by atoms with Gasteiger partial charge in [0.2, 0.25) is 5.91 Å². The first kappa shape index (κ1) is 15.1. The smallest absolute Gasteiger partial charge is 0.326 e. The fourth-order valence-electron chi connectivity index (χ4n) is 2.01. The van der Waals surface area contributed by atoms with E-state index in [1.807, 2.05) is 6.26 Å². The number of aliphatic carboxylic acids is 1. The lowest BCUT2D eigenvalue weighted by molar-refractivity contribution is -0.141. The molecule has 0 saturated carbocycles. The maximum atomic E-state index is 11.8. The van der Waals surface area contributed by atoms with Gasteiger partial charge in [-0.2, -0.15) is 11.8 Å². The van der Waals surface area contributed by atoms with Crippen LogP contribution in [0, 0.1) is 0 Å². The molecule has 0 aliphatic heterocycles. The fourth-order valence-corrected chi connectivity index (χ4v) is 2.48. The molecular weight excluding hydrogens is 250 g/mol. The molecule has 0 spiro atoms. The van der Waals surface area contributed by atoms with Gasteiger partial charge in [-0.1, -0.05) is 11.6 Å². The van der Waals surface area contributed by atoms with Gasteiger partial charge >= 0.3 is 5.97 Å². The van der Waals surface area contributed by atoms with Gasteiger partial charge in [0, 0.05) is 6.42 Å². The Morgan fingerprint density at radius 2 is 2.28 bits per heavy atom. The summed E-state index contributed by atoms with van der Waals surface area (Å²) in [4.78, 5) is 22.8. The zero-order valence-electron chi connectivity index (χ0n) is 10.8. The van der Waals surface area contributed by atoms with E-state index in [4.69, 9.17) is 5.11 Å². The second-order valence-corrected chi connectivity index (χ2v) is 5.51. The number of thioether (sulfide) groups is 1. The molecule has 0 aromatic carbocycles. The van der Waals surface area contributed by atoms with Crippen molar-refractivity contribution in [3.63, 3.8) is 0 Å². The van der Waals surface area contributed by atoms with Gasteiger partial charge < -0.3 is 10.4 Å². The van der Waals surface area contributed by atoms with E-state index in [0.717, 1.165) is 30.6 Å². The molecule has 2 N–H and O–H groups in total. The van der Waals surface area contributed by atoms with Gasteiger partial charge in [-0.3, -0.25) is 4.79 Å². The number of hydrogen-bond acceptors (Lipinski definition) is 3. The van der Waals surface area contributed by atoms with Crippen LogP contribution in [0.1, 0.15) is 38.5 Å². The largest absolute Gasteiger partial charge is 0.480 e. The molecule has 1 atom stereocenters. The van der Waals surface area contributed by atoms with E-state index < -0.39 is 12.0 Å². The molecule has 0 saturated heterocycles. The Balaban J connectivity index is 2.40. The molecule has 0 aromatic heterocycles. The minimum atomic E-state index is -0.949. The number of rotatable bonds is 7. The van der Waals surface area contributed by atoms with Crippen molar-refractivity contribution in [3.05, 3.63) is 11.6 Å². The fraction of sp³-hybridized carbons (Fsp3) is 0.692. The van der Waals surface area contributed by atoms with Crippen LogP contribution in [-0.2, 0) is 9.59 Å². The molecule has 0 aromatic rings. The summed E-state index contributed by atoms with van der Waals surface area (Å²) in [5.74, 6) is -0.383. The molecular formula is C13H21NO3S. The van der Waals surface area contributed by atoms with Crippen LogP contribution < -0.4 is 5.32 Å². The highest BCUT2D eigenvalue weighted by Gasteiger charge is 2.20. The van der Waals surface area contributed by atoms with Crippen LogP contribution in [0.25, 0.3) is 0 Å². The van der Waals surface area contributed by atoms with Crippen molar-refractivity contribution >= 4 is 23.6 Å². The van der Waals surface area contributed by atoms with Crippen molar-refractivity contribution in [2.75, 3.05) is 12.0 Å². The molecule has 0 radical (unpaired) electrons. The Morgan fingerprint density at radius 1 is 1.50 bits per heavy atom. The Kier molecular flexibility index (Phi) is 6.86. The highest BCUT2D eigenvalue weighted by Crippen LogP contribution is 2.19. The van der Waals surface area contributed by atoms with E-state index in [9.17, 15) is 9.59 Å². The van der Waals surface area contributed by atoms with E-state index in [0.29, 0.717) is 12.8 Å². The molecule has 1 aliphatic carbocycles. The number of carbonyl (C=O) groups excluding carboxylic acids is 1. The highest BCUT2D eigenvalue weighted by molar-refractivity contribution is 7.98. The number of nitrogens with one attached hydrogen (secondary N) is 1. The second kappa shape index (κ2) is 8.19. The van der Waals surface area contributed by atoms with Gasteiger partial charge in [-0.25, -0.2) is 4.79 Å². The maximum absolute atomic E-state index is 11.8.